The molecular formula is C27H21ClN2O3. The first kappa shape index (κ1) is 21.0. The van der Waals surface area contributed by atoms with Crippen LogP contribution in [0.5, 0.6) is 0 Å². The summed E-state index contributed by atoms with van der Waals surface area (Å²) in [5.41, 5.74) is 4.58. The Morgan fingerprint density at radius 1 is 0.939 bits per heavy atom. The summed E-state index contributed by atoms with van der Waals surface area (Å²) in [4.78, 5) is 31.5. The predicted molar refractivity (Wildman–Crippen MR) is 130 cm³/mol. The number of aliphatic hydroxyl groups is 1. The van der Waals surface area contributed by atoms with E-state index < -0.39 is 17.7 Å². The maximum atomic E-state index is 13.3. The molecule has 1 aromatic heterocycles. The van der Waals surface area contributed by atoms with E-state index >= 15 is 0 Å². The zero-order valence-corrected chi connectivity index (χ0v) is 18.9. The van der Waals surface area contributed by atoms with E-state index in [9.17, 15) is 14.7 Å². The molecule has 4 aromatic rings. The highest BCUT2D eigenvalue weighted by molar-refractivity contribution is 6.52. The van der Waals surface area contributed by atoms with E-state index in [-0.39, 0.29) is 11.3 Å². The minimum atomic E-state index is -0.802. The number of carbonyl (C=O) groups excluding carboxylic acids is 2. The molecule has 1 unspecified atom stereocenters. The van der Waals surface area contributed by atoms with Gasteiger partial charge in [0.25, 0.3) is 11.7 Å². The van der Waals surface area contributed by atoms with Crippen LogP contribution >= 0.6 is 11.6 Å². The van der Waals surface area contributed by atoms with Gasteiger partial charge >= 0.3 is 0 Å². The minimum absolute atomic E-state index is 0.0617. The maximum Gasteiger partial charge on any atom is 0.300 e. The summed E-state index contributed by atoms with van der Waals surface area (Å²) in [5.74, 6) is -1.61. The lowest BCUT2D eigenvalue weighted by atomic mass is 9.93. The Balaban J connectivity index is 1.81. The van der Waals surface area contributed by atoms with E-state index in [1.54, 1.807) is 36.4 Å². The molecule has 1 fully saturated rings. The molecule has 1 saturated heterocycles. The number of para-hydroxylation sites is 1. The first-order valence-electron chi connectivity index (χ1n) is 10.6. The molecule has 3 aromatic carbocycles. The van der Waals surface area contributed by atoms with Crippen LogP contribution in [-0.4, -0.2) is 21.8 Å². The number of aromatic amines is 1. The van der Waals surface area contributed by atoms with Crippen molar-refractivity contribution >= 4 is 45.6 Å². The molecule has 2 N–H and O–H groups in total. The third-order valence-corrected chi connectivity index (χ3v) is 6.34. The fraction of sp³-hybridized carbons (Fsp3) is 0.111. The number of H-pyrrole nitrogens is 1. The number of anilines is 1. The number of carbonyl (C=O) groups is 2. The van der Waals surface area contributed by atoms with Crippen LogP contribution in [-0.2, 0) is 9.59 Å². The van der Waals surface area contributed by atoms with Crippen molar-refractivity contribution in [2.24, 2.45) is 0 Å². The fourth-order valence-corrected chi connectivity index (χ4v) is 4.62. The van der Waals surface area contributed by atoms with Crippen LogP contribution in [0.1, 0.15) is 28.4 Å². The summed E-state index contributed by atoms with van der Waals surface area (Å²) >= 11 is 6.07. The predicted octanol–water partition coefficient (Wildman–Crippen LogP) is 6.06. The van der Waals surface area contributed by atoms with Crippen LogP contribution in [0.3, 0.4) is 0 Å². The highest BCUT2D eigenvalue weighted by Gasteiger charge is 2.48. The minimum Gasteiger partial charge on any atom is -0.507 e. The lowest BCUT2D eigenvalue weighted by Gasteiger charge is -2.26. The van der Waals surface area contributed by atoms with E-state index in [0.29, 0.717) is 16.3 Å². The molecule has 1 aliphatic rings. The van der Waals surface area contributed by atoms with Crippen LogP contribution in [0, 0.1) is 13.8 Å². The van der Waals surface area contributed by atoms with Crippen molar-refractivity contribution in [3.8, 4) is 0 Å². The number of aromatic nitrogens is 1. The second kappa shape index (κ2) is 7.94. The third kappa shape index (κ3) is 3.41. The normalized spacial score (nSPS) is 17.8. The summed E-state index contributed by atoms with van der Waals surface area (Å²) in [6.07, 6.45) is 0. The number of aryl methyl sites for hydroxylation is 2. The number of fused-ring (bicyclic) bond motifs is 1. The van der Waals surface area contributed by atoms with Crippen molar-refractivity contribution in [3.05, 3.63) is 106 Å². The lowest BCUT2D eigenvalue weighted by molar-refractivity contribution is -0.132. The Morgan fingerprint density at radius 2 is 1.61 bits per heavy atom. The second-order valence-electron chi connectivity index (χ2n) is 8.22. The van der Waals surface area contributed by atoms with Crippen molar-refractivity contribution in [1.29, 1.82) is 0 Å². The fourth-order valence-electron chi connectivity index (χ4n) is 4.49. The summed E-state index contributed by atoms with van der Waals surface area (Å²) in [7, 11) is 0. The molecule has 2 heterocycles. The lowest BCUT2D eigenvalue weighted by Crippen LogP contribution is -2.29. The molecule has 0 bridgehead atoms. The van der Waals surface area contributed by atoms with Gasteiger partial charge in [-0.25, -0.2) is 0 Å². The number of rotatable bonds is 3. The number of Topliss-reactive ketones (excluding diaryl/α,β-unsaturated/α-hetero) is 1. The standard InChI is InChI=1S/C27H21ClN2O3/c1-15-7-9-17(10-8-15)25(31)23-24(22-16(2)29-21-6-4-3-5-20(21)22)30(27(33)26(23)32)19-13-11-18(28)12-14-19/h3-14,24,29,31H,1-2H3/b25-23+. The summed E-state index contributed by atoms with van der Waals surface area (Å²) in [6.45, 7) is 3.85. The van der Waals surface area contributed by atoms with Gasteiger partial charge in [-0.15, -0.1) is 0 Å². The average molecular weight is 457 g/mol. The Bertz CT molecular complexity index is 1430. The quantitative estimate of drug-likeness (QED) is 0.223. The Morgan fingerprint density at radius 3 is 2.30 bits per heavy atom. The highest BCUT2D eigenvalue weighted by Crippen LogP contribution is 2.45. The molecule has 1 amide bonds. The van der Waals surface area contributed by atoms with Gasteiger partial charge in [0.1, 0.15) is 5.76 Å². The maximum absolute atomic E-state index is 13.3. The molecule has 0 saturated carbocycles. The van der Waals surface area contributed by atoms with Gasteiger partial charge in [0.05, 0.1) is 11.6 Å². The topological polar surface area (TPSA) is 73.4 Å². The van der Waals surface area contributed by atoms with E-state index in [1.165, 1.54) is 4.90 Å². The van der Waals surface area contributed by atoms with Crippen molar-refractivity contribution < 1.29 is 14.7 Å². The van der Waals surface area contributed by atoms with Crippen molar-refractivity contribution in [3.63, 3.8) is 0 Å². The van der Waals surface area contributed by atoms with Crippen molar-refractivity contribution in [1.82, 2.24) is 4.98 Å². The van der Waals surface area contributed by atoms with Crippen LogP contribution in [0.25, 0.3) is 16.7 Å². The molecule has 0 radical (unpaired) electrons. The number of halogens is 1. The summed E-state index contributed by atoms with van der Waals surface area (Å²) in [6, 6.07) is 20.9. The van der Waals surface area contributed by atoms with Crippen LogP contribution in [0.4, 0.5) is 5.69 Å². The molecular weight excluding hydrogens is 436 g/mol. The molecule has 1 atom stereocenters. The van der Waals surface area contributed by atoms with E-state index in [0.717, 1.165) is 27.7 Å². The van der Waals surface area contributed by atoms with Crippen LogP contribution in [0.15, 0.2) is 78.4 Å². The number of hydrogen-bond donors (Lipinski definition) is 2. The molecule has 0 aliphatic carbocycles. The van der Waals surface area contributed by atoms with Gasteiger partial charge in [-0.05, 0) is 44.2 Å². The Kier molecular flexibility index (Phi) is 5.06. The van der Waals surface area contributed by atoms with Crippen molar-refractivity contribution in [2.75, 3.05) is 4.90 Å². The third-order valence-electron chi connectivity index (χ3n) is 6.09. The number of amides is 1. The zero-order chi connectivity index (χ0) is 23.3. The average Bonchev–Trinajstić information content (AvgIpc) is 3.27. The smallest absolute Gasteiger partial charge is 0.300 e. The van der Waals surface area contributed by atoms with Gasteiger partial charge < -0.3 is 10.1 Å². The first-order valence-corrected chi connectivity index (χ1v) is 11.0. The van der Waals surface area contributed by atoms with Gasteiger partial charge in [0.2, 0.25) is 0 Å². The molecule has 33 heavy (non-hydrogen) atoms. The van der Waals surface area contributed by atoms with E-state index in [1.807, 2.05) is 50.2 Å². The number of nitrogens with one attached hydrogen (secondary N) is 1. The van der Waals surface area contributed by atoms with E-state index in [4.69, 9.17) is 11.6 Å². The van der Waals surface area contributed by atoms with Crippen molar-refractivity contribution in [2.45, 2.75) is 19.9 Å². The number of hydrogen-bond acceptors (Lipinski definition) is 3. The SMILES string of the molecule is Cc1ccc(/C(O)=C2\C(=O)C(=O)N(c3ccc(Cl)cc3)C2c2c(C)[nH]c3ccccc23)cc1. The number of aliphatic hydroxyl groups excluding tert-OH is 1. The van der Waals surface area contributed by atoms with Gasteiger partial charge in [-0.1, -0.05) is 59.6 Å². The summed E-state index contributed by atoms with van der Waals surface area (Å²) in [5, 5.41) is 12.7. The second-order valence-corrected chi connectivity index (χ2v) is 8.66. The zero-order valence-electron chi connectivity index (χ0n) is 18.1. The molecule has 5 rings (SSSR count). The molecule has 5 nitrogen and oxygen atoms in total. The monoisotopic (exact) mass is 456 g/mol. The first-order chi connectivity index (χ1) is 15.9. The van der Waals surface area contributed by atoms with Gasteiger partial charge in [-0.2, -0.15) is 0 Å². The van der Waals surface area contributed by atoms with Gasteiger partial charge in [0, 0.05) is 38.4 Å². The van der Waals surface area contributed by atoms with Gasteiger partial charge in [-0.3, -0.25) is 14.5 Å². The van der Waals surface area contributed by atoms with Crippen LogP contribution < -0.4 is 4.90 Å². The molecule has 1 aliphatic heterocycles. The number of ketones is 1. The largest absolute Gasteiger partial charge is 0.507 e. The highest BCUT2D eigenvalue weighted by atomic mass is 35.5. The van der Waals surface area contributed by atoms with E-state index in [2.05, 4.69) is 4.98 Å². The van der Waals surface area contributed by atoms with Crippen LogP contribution in [0.2, 0.25) is 5.02 Å². The Hall–Kier alpha value is -3.83. The molecule has 0 spiro atoms. The summed E-state index contributed by atoms with van der Waals surface area (Å²) < 4.78 is 0. The van der Waals surface area contributed by atoms with Gasteiger partial charge in [0.15, 0.2) is 0 Å². The number of benzene rings is 3. The number of nitrogens with zero attached hydrogens (tertiary/aromatic N) is 1. The Labute approximate surface area is 195 Å². The molecule has 6 heteroatoms. The molecule has 164 valence electrons.